The zero-order chi connectivity index (χ0) is 21.3. The van der Waals surface area contributed by atoms with Crippen molar-refractivity contribution in [3.63, 3.8) is 0 Å². The molecule has 0 aliphatic carbocycles. The van der Waals surface area contributed by atoms with Gasteiger partial charge in [-0.25, -0.2) is 5.43 Å². The van der Waals surface area contributed by atoms with E-state index in [1.54, 1.807) is 72.8 Å². The van der Waals surface area contributed by atoms with E-state index in [4.69, 9.17) is 11.6 Å². The molecule has 3 N–H and O–H groups in total. The SMILES string of the molecule is O=C(N/N=C\c1ccccc1Cl)/C(=C/c1ccccc1O)NC(=O)c1ccccc1. The number of aromatic hydroxyl groups is 1. The molecule has 0 heterocycles. The lowest BCUT2D eigenvalue weighted by atomic mass is 10.1. The van der Waals surface area contributed by atoms with E-state index in [0.717, 1.165) is 0 Å². The third kappa shape index (κ3) is 5.56. The zero-order valence-electron chi connectivity index (χ0n) is 15.7. The molecule has 3 rings (SSSR count). The smallest absolute Gasteiger partial charge is 0.287 e. The molecule has 0 bridgehead atoms. The molecule has 0 aliphatic rings. The number of halogens is 1. The molecule has 0 saturated heterocycles. The van der Waals surface area contributed by atoms with Crippen molar-refractivity contribution < 1.29 is 14.7 Å². The first-order valence-electron chi connectivity index (χ1n) is 8.98. The van der Waals surface area contributed by atoms with Crippen molar-refractivity contribution in [3.05, 3.63) is 106 Å². The van der Waals surface area contributed by atoms with Crippen LogP contribution in [0.25, 0.3) is 6.08 Å². The van der Waals surface area contributed by atoms with Gasteiger partial charge in [0.15, 0.2) is 0 Å². The van der Waals surface area contributed by atoms with Gasteiger partial charge in [-0.2, -0.15) is 5.10 Å². The number of carbonyl (C=O) groups excluding carboxylic acids is 2. The first-order valence-corrected chi connectivity index (χ1v) is 9.36. The van der Waals surface area contributed by atoms with E-state index in [1.165, 1.54) is 18.4 Å². The number of amides is 2. The van der Waals surface area contributed by atoms with Crippen LogP contribution in [0.2, 0.25) is 5.02 Å². The lowest BCUT2D eigenvalue weighted by molar-refractivity contribution is -0.117. The number of hydrogen-bond acceptors (Lipinski definition) is 4. The number of hydrazone groups is 1. The summed E-state index contributed by atoms with van der Waals surface area (Å²) in [6.45, 7) is 0. The fourth-order valence-electron chi connectivity index (χ4n) is 2.51. The van der Waals surface area contributed by atoms with E-state index < -0.39 is 11.8 Å². The molecule has 0 aromatic heterocycles. The lowest BCUT2D eigenvalue weighted by Crippen LogP contribution is -2.32. The summed E-state index contributed by atoms with van der Waals surface area (Å²) in [5.41, 5.74) is 3.65. The van der Waals surface area contributed by atoms with Gasteiger partial charge in [-0.15, -0.1) is 0 Å². The maximum absolute atomic E-state index is 12.7. The predicted octanol–water partition coefficient (Wildman–Crippen LogP) is 3.97. The van der Waals surface area contributed by atoms with Gasteiger partial charge < -0.3 is 10.4 Å². The summed E-state index contributed by atoms with van der Waals surface area (Å²) in [4.78, 5) is 25.2. The average Bonchev–Trinajstić information content (AvgIpc) is 2.76. The van der Waals surface area contributed by atoms with Crippen LogP contribution >= 0.6 is 11.6 Å². The molecule has 3 aromatic carbocycles. The third-order valence-corrected chi connectivity index (χ3v) is 4.38. The van der Waals surface area contributed by atoms with Gasteiger partial charge in [-0.05, 0) is 30.3 Å². The highest BCUT2D eigenvalue weighted by Gasteiger charge is 2.15. The van der Waals surface area contributed by atoms with E-state index in [1.807, 2.05) is 0 Å². The van der Waals surface area contributed by atoms with Crippen LogP contribution in [-0.2, 0) is 4.79 Å². The van der Waals surface area contributed by atoms with Crippen LogP contribution in [-0.4, -0.2) is 23.1 Å². The van der Waals surface area contributed by atoms with Crippen molar-refractivity contribution >= 4 is 35.7 Å². The molecule has 0 saturated carbocycles. The molecule has 0 unspecified atom stereocenters. The Labute approximate surface area is 178 Å². The number of nitrogens with zero attached hydrogens (tertiary/aromatic N) is 1. The summed E-state index contributed by atoms with van der Waals surface area (Å²) in [5, 5.41) is 17.0. The van der Waals surface area contributed by atoms with Crippen molar-refractivity contribution in [2.24, 2.45) is 5.10 Å². The molecular weight excluding hydrogens is 402 g/mol. The molecule has 0 spiro atoms. The fourth-order valence-corrected chi connectivity index (χ4v) is 2.69. The van der Waals surface area contributed by atoms with Crippen molar-refractivity contribution in [1.29, 1.82) is 0 Å². The van der Waals surface area contributed by atoms with Crippen LogP contribution in [0.5, 0.6) is 5.75 Å². The number of hydrogen-bond donors (Lipinski definition) is 3. The Kier molecular flexibility index (Phi) is 6.97. The van der Waals surface area contributed by atoms with Crippen molar-refractivity contribution in [2.45, 2.75) is 0 Å². The van der Waals surface area contributed by atoms with Gasteiger partial charge in [0, 0.05) is 21.7 Å². The number of carbonyl (C=O) groups is 2. The lowest BCUT2D eigenvalue weighted by Gasteiger charge is -2.10. The Balaban J connectivity index is 1.83. The standard InChI is InChI=1S/C23H18ClN3O3/c24-19-12-6-4-11-18(19)15-25-27-23(30)20(14-17-10-5-7-13-21(17)28)26-22(29)16-8-2-1-3-9-16/h1-15,28H,(H,26,29)(H,27,30)/b20-14-,25-15-. The molecule has 7 heteroatoms. The largest absolute Gasteiger partial charge is 0.507 e. The van der Waals surface area contributed by atoms with Gasteiger partial charge in [-0.1, -0.05) is 66.2 Å². The topological polar surface area (TPSA) is 90.8 Å². The maximum Gasteiger partial charge on any atom is 0.287 e. The second-order valence-corrected chi connectivity index (χ2v) is 6.56. The Morgan fingerprint density at radius 1 is 0.867 bits per heavy atom. The Morgan fingerprint density at radius 3 is 2.20 bits per heavy atom. The molecule has 0 fully saturated rings. The quantitative estimate of drug-likeness (QED) is 0.321. The van der Waals surface area contributed by atoms with Crippen LogP contribution in [0, 0.1) is 0 Å². The van der Waals surface area contributed by atoms with E-state index in [-0.39, 0.29) is 11.4 Å². The summed E-state index contributed by atoms with van der Waals surface area (Å²) in [7, 11) is 0. The first kappa shape index (κ1) is 20.8. The molecule has 0 aliphatic heterocycles. The van der Waals surface area contributed by atoms with E-state index in [0.29, 0.717) is 21.7 Å². The number of para-hydroxylation sites is 1. The number of nitrogens with one attached hydrogen (secondary N) is 2. The maximum atomic E-state index is 12.7. The highest BCUT2D eigenvalue weighted by atomic mass is 35.5. The summed E-state index contributed by atoms with van der Waals surface area (Å²) in [6.07, 6.45) is 2.77. The summed E-state index contributed by atoms with van der Waals surface area (Å²) < 4.78 is 0. The summed E-state index contributed by atoms with van der Waals surface area (Å²) in [6, 6.07) is 21.9. The molecule has 150 valence electrons. The van der Waals surface area contributed by atoms with Crippen molar-refractivity contribution in [2.75, 3.05) is 0 Å². The number of phenols is 1. The van der Waals surface area contributed by atoms with Crippen LogP contribution in [0.3, 0.4) is 0 Å². The van der Waals surface area contributed by atoms with Gasteiger partial charge in [-0.3, -0.25) is 9.59 Å². The highest BCUT2D eigenvalue weighted by Crippen LogP contribution is 2.19. The monoisotopic (exact) mass is 419 g/mol. The van der Waals surface area contributed by atoms with Crippen LogP contribution in [0.15, 0.2) is 89.7 Å². The van der Waals surface area contributed by atoms with E-state index in [2.05, 4.69) is 15.8 Å². The fraction of sp³-hybridized carbons (Fsp3) is 0. The minimum Gasteiger partial charge on any atom is -0.507 e. The van der Waals surface area contributed by atoms with Crippen LogP contribution < -0.4 is 10.7 Å². The average molecular weight is 420 g/mol. The Morgan fingerprint density at radius 2 is 1.50 bits per heavy atom. The summed E-state index contributed by atoms with van der Waals surface area (Å²) >= 11 is 6.06. The molecular formula is C23H18ClN3O3. The molecule has 6 nitrogen and oxygen atoms in total. The highest BCUT2D eigenvalue weighted by molar-refractivity contribution is 6.33. The Bertz CT molecular complexity index is 1110. The molecule has 2 amide bonds. The van der Waals surface area contributed by atoms with Crippen molar-refractivity contribution in [1.82, 2.24) is 10.7 Å². The Hall–Kier alpha value is -3.90. The second-order valence-electron chi connectivity index (χ2n) is 6.16. The third-order valence-electron chi connectivity index (χ3n) is 4.04. The van der Waals surface area contributed by atoms with Gasteiger partial charge in [0.05, 0.1) is 6.21 Å². The normalized spacial score (nSPS) is 11.3. The molecule has 3 aromatic rings. The van der Waals surface area contributed by atoms with E-state index in [9.17, 15) is 14.7 Å². The van der Waals surface area contributed by atoms with Crippen LogP contribution in [0.4, 0.5) is 0 Å². The second kappa shape index (κ2) is 10.0. The predicted molar refractivity (Wildman–Crippen MR) is 117 cm³/mol. The number of benzene rings is 3. The minimum atomic E-state index is -0.661. The van der Waals surface area contributed by atoms with Gasteiger partial charge in [0.1, 0.15) is 11.4 Å². The van der Waals surface area contributed by atoms with Crippen molar-refractivity contribution in [3.8, 4) is 5.75 Å². The van der Waals surface area contributed by atoms with E-state index >= 15 is 0 Å². The summed E-state index contributed by atoms with van der Waals surface area (Å²) in [5.74, 6) is -1.16. The molecule has 30 heavy (non-hydrogen) atoms. The van der Waals surface area contributed by atoms with Gasteiger partial charge in [0.2, 0.25) is 0 Å². The molecule has 0 radical (unpaired) electrons. The minimum absolute atomic E-state index is 0.0312. The van der Waals surface area contributed by atoms with Crippen LogP contribution in [0.1, 0.15) is 21.5 Å². The zero-order valence-corrected chi connectivity index (χ0v) is 16.5. The number of rotatable bonds is 6. The number of phenolic OH excluding ortho intramolecular Hbond substituents is 1. The first-order chi connectivity index (χ1) is 14.5. The van der Waals surface area contributed by atoms with Gasteiger partial charge in [0.25, 0.3) is 11.8 Å². The van der Waals surface area contributed by atoms with Gasteiger partial charge >= 0.3 is 0 Å². The molecule has 0 atom stereocenters.